The molecule has 2 aliphatic carbocycles. The molecule has 0 aliphatic heterocycles. The molecule has 0 saturated heterocycles. The van der Waals surface area contributed by atoms with Gasteiger partial charge in [-0.05, 0) is 36.6 Å². The Bertz CT molecular complexity index is 166. The molecule has 2 saturated carbocycles. The van der Waals surface area contributed by atoms with E-state index >= 15 is 0 Å². The summed E-state index contributed by atoms with van der Waals surface area (Å²) in [4.78, 5) is 0. The lowest BCUT2D eigenvalue weighted by Crippen LogP contribution is -2.49. The summed E-state index contributed by atoms with van der Waals surface area (Å²) in [6.45, 7) is 3.30. The molecule has 0 bridgehead atoms. The standard InChI is InChI=1S/C11H21N/c1-11(8-12)7-9-5-3-2-4-6-10(9)11/h9-10H,2-8,12H2,1H3/t9-,10-,11-/m1/s1. The SMILES string of the molecule is C[C@]1(CN)C[C@H]2CCCCC[C@H]21. The van der Waals surface area contributed by atoms with Gasteiger partial charge in [0.05, 0.1) is 0 Å². The first-order chi connectivity index (χ1) is 5.76. The van der Waals surface area contributed by atoms with Gasteiger partial charge in [0.1, 0.15) is 0 Å². The number of hydrogen-bond donors (Lipinski definition) is 1. The first-order valence-electron chi connectivity index (χ1n) is 5.46. The molecule has 12 heavy (non-hydrogen) atoms. The molecule has 0 heterocycles. The van der Waals surface area contributed by atoms with Crippen molar-refractivity contribution < 1.29 is 0 Å². The summed E-state index contributed by atoms with van der Waals surface area (Å²) in [5, 5.41) is 0. The van der Waals surface area contributed by atoms with Crippen LogP contribution in [0.1, 0.15) is 45.4 Å². The fraction of sp³-hybridized carbons (Fsp3) is 1.00. The lowest BCUT2D eigenvalue weighted by atomic mass is 9.53. The normalized spacial score (nSPS) is 47.5. The van der Waals surface area contributed by atoms with E-state index in [0.717, 1.165) is 18.4 Å². The fourth-order valence-electron chi connectivity index (χ4n) is 3.37. The summed E-state index contributed by atoms with van der Waals surface area (Å²) in [7, 11) is 0. The Balaban J connectivity index is 2.00. The van der Waals surface area contributed by atoms with E-state index in [0.29, 0.717) is 5.41 Å². The van der Waals surface area contributed by atoms with Gasteiger partial charge >= 0.3 is 0 Å². The minimum absolute atomic E-state index is 0.523. The van der Waals surface area contributed by atoms with Gasteiger partial charge in [0.2, 0.25) is 0 Å². The highest BCUT2D eigenvalue weighted by atomic mass is 14.7. The molecular formula is C11H21N. The molecule has 3 atom stereocenters. The van der Waals surface area contributed by atoms with Crippen LogP contribution < -0.4 is 5.73 Å². The van der Waals surface area contributed by atoms with E-state index in [1.807, 2.05) is 0 Å². The molecule has 2 aliphatic rings. The summed E-state index contributed by atoms with van der Waals surface area (Å²) in [6, 6.07) is 0. The van der Waals surface area contributed by atoms with Crippen LogP contribution in [0.3, 0.4) is 0 Å². The summed E-state index contributed by atoms with van der Waals surface area (Å²) in [5.74, 6) is 2.02. The average Bonchev–Trinajstić information content (AvgIpc) is 2.26. The number of nitrogens with two attached hydrogens (primary N) is 1. The van der Waals surface area contributed by atoms with E-state index in [1.165, 1.54) is 38.5 Å². The average molecular weight is 167 g/mol. The number of hydrogen-bond acceptors (Lipinski definition) is 1. The van der Waals surface area contributed by atoms with E-state index < -0.39 is 0 Å². The Hall–Kier alpha value is -0.0400. The van der Waals surface area contributed by atoms with Crippen molar-refractivity contribution in [1.29, 1.82) is 0 Å². The highest BCUT2D eigenvalue weighted by Crippen LogP contribution is 2.55. The van der Waals surface area contributed by atoms with Crippen LogP contribution in [0.25, 0.3) is 0 Å². The molecule has 1 nitrogen and oxygen atoms in total. The molecule has 2 N–H and O–H groups in total. The van der Waals surface area contributed by atoms with Crippen molar-refractivity contribution >= 4 is 0 Å². The van der Waals surface area contributed by atoms with Crippen molar-refractivity contribution in [2.75, 3.05) is 6.54 Å². The summed E-state index contributed by atoms with van der Waals surface area (Å²) >= 11 is 0. The van der Waals surface area contributed by atoms with Crippen LogP contribution in [0.5, 0.6) is 0 Å². The molecular weight excluding hydrogens is 146 g/mol. The highest BCUT2D eigenvalue weighted by Gasteiger charge is 2.48. The topological polar surface area (TPSA) is 26.0 Å². The van der Waals surface area contributed by atoms with Gasteiger partial charge in [-0.1, -0.05) is 32.6 Å². The van der Waals surface area contributed by atoms with Gasteiger partial charge in [0, 0.05) is 0 Å². The second-order valence-corrected chi connectivity index (χ2v) is 5.07. The third-order valence-corrected chi connectivity index (χ3v) is 4.25. The zero-order valence-corrected chi connectivity index (χ0v) is 8.18. The molecule has 0 unspecified atom stereocenters. The first-order valence-corrected chi connectivity index (χ1v) is 5.46. The van der Waals surface area contributed by atoms with Gasteiger partial charge in [-0.3, -0.25) is 0 Å². The largest absolute Gasteiger partial charge is 0.330 e. The van der Waals surface area contributed by atoms with Gasteiger partial charge in [-0.15, -0.1) is 0 Å². The second-order valence-electron chi connectivity index (χ2n) is 5.07. The maximum absolute atomic E-state index is 5.83. The van der Waals surface area contributed by atoms with E-state index in [4.69, 9.17) is 5.73 Å². The van der Waals surface area contributed by atoms with E-state index in [2.05, 4.69) is 6.92 Å². The minimum atomic E-state index is 0.523. The van der Waals surface area contributed by atoms with Crippen molar-refractivity contribution in [2.45, 2.75) is 45.4 Å². The van der Waals surface area contributed by atoms with Gasteiger partial charge in [0.25, 0.3) is 0 Å². The van der Waals surface area contributed by atoms with Crippen molar-refractivity contribution in [3.63, 3.8) is 0 Å². The van der Waals surface area contributed by atoms with E-state index in [1.54, 1.807) is 0 Å². The molecule has 0 aromatic carbocycles. The first kappa shape index (κ1) is 8.55. The van der Waals surface area contributed by atoms with Gasteiger partial charge < -0.3 is 5.73 Å². The smallest absolute Gasteiger partial charge is 0.00203 e. The monoisotopic (exact) mass is 167 g/mol. The Labute approximate surface area is 75.7 Å². The van der Waals surface area contributed by atoms with E-state index in [-0.39, 0.29) is 0 Å². The maximum Gasteiger partial charge on any atom is -0.00203 e. The lowest BCUT2D eigenvalue weighted by molar-refractivity contribution is -0.0243. The molecule has 0 aromatic heterocycles. The summed E-state index contributed by atoms with van der Waals surface area (Å²) in [6.07, 6.45) is 8.75. The zero-order chi connectivity index (χ0) is 8.60. The Morgan fingerprint density at radius 3 is 2.75 bits per heavy atom. The Morgan fingerprint density at radius 2 is 2.00 bits per heavy atom. The number of fused-ring (bicyclic) bond motifs is 1. The van der Waals surface area contributed by atoms with Crippen LogP contribution in [0.2, 0.25) is 0 Å². The molecule has 0 amide bonds. The van der Waals surface area contributed by atoms with Crippen LogP contribution in [-0.4, -0.2) is 6.54 Å². The molecule has 0 aromatic rings. The van der Waals surface area contributed by atoms with Gasteiger partial charge in [-0.2, -0.15) is 0 Å². The van der Waals surface area contributed by atoms with Crippen molar-refractivity contribution in [3.05, 3.63) is 0 Å². The van der Waals surface area contributed by atoms with Crippen LogP contribution in [0.15, 0.2) is 0 Å². The van der Waals surface area contributed by atoms with Gasteiger partial charge in [0.15, 0.2) is 0 Å². The summed E-state index contributed by atoms with van der Waals surface area (Å²) < 4.78 is 0. The predicted octanol–water partition coefficient (Wildman–Crippen LogP) is 2.55. The predicted molar refractivity (Wildman–Crippen MR) is 51.8 cm³/mol. The fourth-order valence-corrected chi connectivity index (χ4v) is 3.37. The van der Waals surface area contributed by atoms with Crippen LogP contribution >= 0.6 is 0 Å². The molecule has 2 fully saturated rings. The number of rotatable bonds is 1. The quantitative estimate of drug-likeness (QED) is 0.638. The minimum Gasteiger partial charge on any atom is -0.330 e. The molecule has 0 radical (unpaired) electrons. The Morgan fingerprint density at radius 1 is 1.25 bits per heavy atom. The van der Waals surface area contributed by atoms with Crippen LogP contribution in [-0.2, 0) is 0 Å². The molecule has 1 heteroatoms. The lowest BCUT2D eigenvalue weighted by Gasteiger charge is -2.53. The second kappa shape index (κ2) is 3.02. The molecule has 2 rings (SSSR count). The van der Waals surface area contributed by atoms with E-state index in [9.17, 15) is 0 Å². The molecule has 0 spiro atoms. The zero-order valence-electron chi connectivity index (χ0n) is 8.18. The van der Waals surface area contributed by atoms with Crippen molar-refractivity contribution in [2.24, 2.45) is 23.0 Å². The maximum atomic E-state index is 5.83. The highest BCUT2D eigenvalue weighted by molar-refractivity contribution is 4.99. The molecule has 70 valence electrons. The summed E-state index contributed by atoms with van der Waals surface area (Å²) in [5.41, 5.74) is 6.35. The van der Waals surface area contributed by atoms with Crippen LogP contribution in [0.4, 0.5) is 0 Å². The van der Waals surface area contributed by atoms with Crippen molar-refractivity contribution in [1.82, 2.24) is 0 Å². The third kappa shape index (κ3) is 1.19. The van der Waals surface area contributed by atoms with Crippen molar-refractivity contribution in [3.8, 4) is 0 Å². The van der Waals surface area contributed by atoms with Gasteiger partial charge in [-0.25, -0.2) is 0 Å². The van der Waals surface area contributed by atoms with Crippen LogP contribution in [0, 0.1) is 17.3 Å². The third-order valence-electron chi connectivity index (χ3n) is 4.25. The Kier molecular flexibility index (Phi) is 2.16.